The van der Waals surface area contributed by atoms with Crippen LogP contribution in [0.1, 0.15) is 39.5 Å². The highest BCUT2D eigenvalue weighted by Crippen LogP contribution is 2.19. The molecule has 3 N–H and O–H groups in total. The Hall–Kier alpha value is -1.10. The van der Waals surface area contributed by atoms with Crippen molar-refractivity contribution in [2.75, 3.05) is 26.2 Å². The van der Waals surface area contributed by atoms with Crippen LogP contribution in [0.15, 0.2) is 0 Å². The minimum atomic E-state index is 0.0221. The second kappa shape index (κ2) is 8.15. The summed E-state index contributed by atoms with van der Waals surface area (Å²) in [5, 5.41) is 2.85. The van der Waals surface area contributed by atoms with E-state index in [0.29, 0.717) is 12.5 Å². The summed E-state index contributed by atoms with van der Waals surface area (Å²) in [4.78, 5) is 25.0. The summed E-state index contributed by atoms with van der Waals surface area (Å²) in [5.41, 5.74) is 5.47. The van der Waals surface area contributed by atoms with Crippen molar-refractivity contribution in [2.45, 2.75) is 39.5 Å². The number of hydrogen-bond donors (Lipinski definition) is 2. The highest BCUT2D eigenvalue weighted by atomic mass is 16.2. The normalized spacial score (nSPS) is 18.2. The number of nitrogens with zero attached hydrogens (tertiary/aromatic N) is 1. The van der Waals surface area contributed by atoms with E-state index in [1.165, 1.54) is 6.92 Å². The number of nitrogens with two attached hydrogens (primary N) is 1. The molecule has 1 heterocycles. The zero-order valence-electron chi connectivity index (χ0n) is 12.2. The molecule has 19 heavy (non-hydrogen) atoms. The summed E-state index contributed by atoms with van der Waals surface area (Å²) >= 11 is 0. The highest BCUT2D eigenvalue weighted by molar-refractivity contribution is 5.78. The molecule has 0 aliphatic carbocycles. The fraction of sp³-hybridized carbons (Fsp3) is 0.857. The molecule has 0 radical (unpaired) electrons. The lowest BCUT2D eigenvalue weighted by molar-refractivity contribution is -0.136. The zero-order valence-corrected chi connectivity index (χ0v) is 12.2. The molecular weight excluding hydrogens is 242 g/mol. The minimum Gasteiger partial charge on any atom is -0.356 e. The molecule has 0 saturated carbocycles. The Morgan fingerprint density at radius 2 is 2.00 bits per heavy atom. The third-order valence-corrected chi connectivity index (χ3v) is 3.83. The molecule has 1 fully saturated rings. The van der Waals surface area contributed by atoms with E-state index in [-0.39, 0.29) is 17.7 Å². The van der Waals surface area contributed by atoms with E-state index in [9.17, 15) is 9.59 Å². The number of hydrogen-bond acceptors (Lipinski definition) is 3. The van der Waals surface area contributed by atoms with Gasteiger partial charge in [-0.05, 0) is 38.1 Å². The topological polar surface area (TPSA) is 75.4 Å². The number of likely N-dealkylation sites (tertiary alicyclic amines) is 1. The van der Waals surface area contributed by atoms with Gasteiger partial charge in [0.25, 0.3) is 0 Å². The summed E-state index contributed by atoms with van der Waals surface area (Å²) in [6, 6.07) is 0. The molecular formula is C14H27N3O2. The van der Waals surface area contributed by atoms with Crippen LogP contribution < -0.4 is 11.1 Å². The van der Waals surface area contributed by atoms with Crippen LogP contribution in [0, 0.1) is 11.8 Å². The lowest BCUT2D eigenvalue weighted by Crippen LogP contribution is -2.43. The predicted octanol–water partition coefficient (Wildman–Crippen LogP) is 0.736. The fourth-order valence-electron chi connectivity index (χ4n) is 2.50. The molecule has 0 aromatic heterocycles. The van der Waals surface area contributed by atoms with E-state index in [2.05, 4.69) is 5.32 Å². The SMILES string of the molecule is CC(=O)NCC1CCN(C(=O)C(C)CCCN)CC1. The van der Waals surface area contributed by atoms with E-state index < -0.39 is 0 Å². The molecule has 0 aromatic carbocycles. The maximum Gasteiger partial charge on any atom is 0.225 e. The lowest BCUT2D eigenvalue weighted by atomic mass is 9.95. The molecule has 5 nitrogen and oxygen atoms in total. The van der Waals surface area contributed by atoms with Gasteiger partial charge in [0.15, 0.2) is 0 Å². The zero-order chi connectivity index (χ0) is 14.3. The summed E-state index contributed by atoms with van der Waals surface area (Å²) in [6.07, 6.45) is 3.75. The molecule has 1 aliphatic rings. The first-order valence-electron chi connectivity index (χ1n) is 7.28. The second-order valence-electron chi connectivity index (χ2n) is 5.54. The van der Waals surface area contributed by atoms with Gasteiger partial charge in [0.2, 0.25) is 11.8 Å². The van der Waals surface area contributed by atoms with Crippen molar-refractivity contribution in [3.63, 3.8) is 0 Å². The van der Waals surface area contributed by atoms with Gasteiger partial charge in [-0.15, -0.1) is 0 Å². The molecule has 5 heteroatoms. The van der Waals surface area contributed by atoms with Crippen LogP contribution in [-0.4, -0.2) is 42.9 Å². The van der Waals surface area contributed by atoms with Crippen LogP contribution in [0.25, 0.3) is 0 Å². The second-order valence-corrected chi connectivity index (χ2v) is 5.54. The number of amides is 2. The molecule has 0 spiro atoms. The standard InChI is InChI=1S/C14H27N3O2/c1-11(4-3-7-15)14(19)17-8-5-13(6-9-17)10-16-12(2)18/h11,13H,3-10,15H2,1-2H3,(H,16,18). The van der Waals surface area contributed by atoms with E-state index >= 15 is 0 Å². The Labute approximate surface area is 115 Å². The quantitative estimate of drug-likeness (QED) is 0.746. The third-order valence-electron chi connectivity index (χ3n) is 3.83. The van der Waals surface area contributed by atoms with Crippen molar-refractivity contribution in [3.05, 3.63) is 0 Å². The molecule has 1 unspecified atom stereocenters. The Kier molecular flexibility index (Phi) is 6.84. The number of carbonyl (C=O) groups is 2. The summed E-state index contributed by atoms with van der Waals surface area (Å²) < 4.78 is 0. The Bertz CT molecular complexity index is 299. The predicted molar refractivity (Wildman–Crippen MR) is 75.4 cm³/mol. The summed E-state index contributed by atoms with van der Waals surface area (Å²) in [5.74, 6) is 0.864. The smallest absolute Gasteiger partial charge is 0.225 e. The van der Waals surface area contributed by atoms with Crippen molar-refractivity contribution in [2.24, 2.45) is 17.6 Å². The van der Waals surface area contributed by atoms with Crippen molar-refractivity contribution in [1.82, 2.24) is 10.2 Å². The lowest BCUT2D eigenvalue weighted by Gasteiger charge is -2.33. The average Bonchev–Trinajstić information content (AvgIpc) is 2.42. The van der Waals surface area contributed by atoms with Gasteiger partial charge in [-0.25, -0.2) is 0 Å². The van der Waals surface area contributed by atoms with Crippen LogP contribution in [0.5, 0.6) is 0 Å². The number of nitrogens with one attached hydrogen (secondary N) is 1. The van der Waals surface area contributed by atoms with Crippen molar-refractivity contribution < 1.29 is 9.59 Å². The third kappa shape index (κ3) is 5.59. The molecule has 1 aliphatic heterocycles. The van der Waals surface area contributed by atoms with E-state index in [4.69, 9.17) is 5.73 Å². The van der Waals surface area contributed by atoms with Crippen LogP contribution in [-0.2, 0) is 9.59 Å². The number of rotatable bonds is 6. The van der Waals surface area contributed by atoms with Gasteiger partial charge in [0.1, 0.15) is 0 Å². The largest absolute Gasteiger partial charge is 0.356 e. The van der Waals surface area contributed by atoms with E-state index in [0.717, 1.165) is 45.3 Å². The molecule has 0 aromatic rings. The monoisotopic (exact) mass is 269 g/mol. The first-order chi connectivity index (χ1) is 9.04. The summed E-state index contributed by atoms with van der Waals surface area (Å²) in [6.45, 7) is 6.54. The molecule has 1 rings (SSSR count). The molecule has 1 saturated heterocycles. The molecule has 2 amide bonds. The number of carbonyl (C=O) groups excluding carboxylic acids is 2. The van der Waals surface area contributed by atoms with Crippen molar-refractivity contribution in [3.8, 4) is 0 Å². The Balaban J connectivity index is 2.28. The maximum absolute atomic E-state index is 12.2. The van der Waals surface area contributed by atoms with Crippen molar-refractivity contribution in [1.29, 1.82) is 0 Å². The maximum atomic E-state index is 12.2. The van der Waals surface area contributed by atoms with Gasteiger partial charge in [-0.1, -0.05) is 6.92 Å². The molecule has 1 atom stereocenters. The summed E-state index contributed by atoms with van der Waals surface area (Å²) in [7, 11) is 0. The Morgan fingerprint density at radius 1 is 1.37 bits per heavy atom. The first kappa shape index (κ1) is 16.0. The fourth-order valence-corrected chi connectivity index (χ4v) is 2.50. The molecule has 110 valence electrons. The van der Waals surface area contributed by atoms with Crippen molar-refractivity contribution >= 4 is 11.8 Å². The highest BCUT2D eigenvalue weighted by Gasteiger charge is 2.25. The van der Waals surface area contributed by atoms with E-state index in [1.807, 2.05) is 11.8 Å². The van der Waals surface area contributed by atoms with Gasteiger partial charge in [-0.3, -0.25) is 9.59 Å². The van der Waals surface area contributed by atoms with Gasteiger partial charge in [0, 0.05) is 32.5 Å². The van der Waals surface area contributed by atoms with Gasteiger partial charge in [0.05, 0.1) is 0 Å². The van der Waals surface area contributed by atoms with Gasteiger partial charge in [-0.2, -0.15) is 0 Å². The Morgan fingerprint density at radius 3 is 2.53 bits per heavy atom. The van der Waals surface area contributed by atoms with Crippen LogP contribution in [0.2, 0.25) is 0 Å². The first-order valence-corrected chi connectivity index (χ1v) is 7.28. The average molecular weight is 269 g/mol. The van der Waals surface area contributed by atoms with Crippen LogP contribution in [0.4, 0.5) is 0 Å². The van der Waals surface area contributed by atoms with Crippen LogP contribution in [0.3, 0.4) is 0 Å². The van der Waals surface area contributed by atoms with E-state index in [1.54, 1.807) is 0 Å². The van der Waals surface area contributed by atoms with Gasteiger partial charge < -0.3 is 16.0 Å². The minimum absolute atomic E-state index is 0.0221. The van der Waals surface area contributed by atoms with Crippen LogP contribution >= 0.6 is 0 Å². The number of piperidine rings is 1. The van der Waals surface area contributed by atoms with Gasteiger partial charge >= 0.3 is 0 Å². The molecule has 0 bridgehead atoms.